The Balaban J connectivity index is 2.09. The minimum atomic E-state index is -1.03. The lowest BCUT2D eigenvalue weighted by molar-refractivity contribution is -0.137. The van der Waals surface area contributed by atoms with Crippen molar-refractivity contribution in [3.8, 4) is 5.75 Å². The molecule has 7 nitrogen and oxygen atoms in total. The number of phenols is 1. The quantitative estimate of drug-likeness (QED) is 0.558. The average molecular weight is 426 g/mol. The number of nitrogens with one attached hydrogen (secondary N) is 1. The lowest BCUT2D eigenvalue weighted by Crippen LogP contribution is -2.37. The highest BCUT2D eigenvalue weighted by atomic mass is 19.1. The topological polar surface area (TPSA) is 109 Å². The first-order chi connectivity index (χ1) is 14.6. The number of hydrogen-bond acceptors (Lipinski definition) is 4. The van der Waals surface area contributed by atoms with E-state index in [1.54, 1.807) is 26.8 Å². The number of amides is 1. The average Bonchev–Trinajstić information content (AvgIpc) is 2.97. The third-order valence-corrected chi connectivity index (χ3v) is 5.21. The number of halogens is 1. The van der Waals surface area contributed by atoms with E-state index >= 15 is 0 Å². The van der Waals surface area contributed by atoms with Crippen molar-refractivity contribution in [2.75, 3.05) is 0 Å². The van der Waals surface area contributed by atoms with Crippen molar-refractivity contribution in [2.45, 2.75) is 39.2 Å². The Hall–Kier alpha value is -3.68. The molecule has 1 heterocycles. The SMILES string of the molecule is Cc1c(C(C)C(=O)N[C@@H](C)CC(=O)O)c2cc(O)ccc2n1C(=O)c1cccc(F)c1. The van der Waals surface area contributed by atoms with Gasteiger partial charge in [0.25, 0.3) is 5.91 Å². The summed E-state index contributed by atoms with van der Waals surface area (Å²) in [5.74, 6) is -3.21. The van der Waals surface area contributed by atoms with E-state index in [0.717, 1.165) is 6.07 Å². The van der Waals surface area contributed by atoms with Gasteiger partial charge in [0.05, 0.1) is 17.9 Å². The summed E-state index contributed by atoms with van der Waals surface area (Å²) in [6, 6.07) is 9.21. The number of aliphatic carboxylic acids is 1. The molecule has 3 aromatic rings. The van der Waals surface area contributed by atoms with Crippen LogP contribution in [0.3, 0.4) is 0 Å². The van der Waals surface area contributed by atoms with Gasteiger partial charge in [0, 0.05) is 22.7 Å². The second-order valence-electron chi connectivity index (χ2n) is 7.58. The van der Waals surface area contributed by atoms with Crippen LogP contribution in [-0.2, 0) is 9.59 Å². The monoisotopic (exact) mass is 426 g/mol. The fraction of sp³-hybridized carbons (Fsp3) is 0.261. The van der Waals surface area contributed by atoms with Crippen LogP contribution in [0.15, 0.2) is 42.5 Å². The van der Waals surface area contributed by atoms with E-state index in [4.69, 9.17) is 5.11 Å². The molecule has 0 fully saturated rings. The Morgan fingerprint density at radius 1 is 1.13 bits per heavy atom. The number of carboxylic acids is 1. The normalized spacial score (nSPS) is 13.0. The van der Waals surface area contributed by atoms with Crippen LogP contribution in [0.25, 0.3) is 10.9 Å². The number of benzene rings is 2. The highest BCUT2D eigenvalue weighted by molar-refractivity contribution is 6.05. The minimum Gasteiger partial charge on any atom is -0.508 e. The molecule has 0 saturated heterocycles. The fourth-order valence-corrected chi connectivity index (χ4v) is 3.80. The number of rotatable bonds is 6. The van der Waals surface area contributed by atoms with Crippen molar-refractivity contribution in [1.29, 1.82) is 0 Å². The van der Waals surface area contributed by atoms with Gasteiger partial charge in [-0.3, -0.25) is 19.0 Å². The predicted molar refractivity (Wildman–Crippen MR) is 113 cm³/mol. The summed E-state index contributed by atoms with van der Waals surface area (Å²) in [6.07, 6.45) is -0.224. The predicted octanol–water partition coefficient (Wildman–Crippen LogP) is 3.57. The van der Waals surface area contributed by atoms with Crippen LogP contribution in [0.5, 0.6) is 5.75 Å². The summed E-state index contributed by atoms with van der Waals surface area (Å²) in [5, 5.41) is 22.1. The molecule has 8 heteroatoms. The number of carbonyl (C=O) groups is 3. The molecule has 0 saturated carbocycles. The van der Waals surface area contributed by atoms with Crippen molar-refractivity contribution in [1.82, 2.24) is 9.88 Å². The lowest BCUT2D eigenvalue weighted by atomic mass is 9.96. The molecule has 0 spiro atoms. The standard InChI is InChI=1S/C23H23FN2O5/c1-12(9-20(28)29)25-22(30)13(2)21-14(3)26(19-8-7-17(27)11-18(19)21)23(31)15-5-4-6-16(24)10-15/h4-8,10-13,27H,9H2,1-3H3,(H,25,30)(H,28,29)/t12-,13?/m0/s1. The largest absolute Gasteiger partial charge is 0.508 e. The van der Waals surface area contributed by atoms with Gasteiger partial charge in [-0.2, -0.15) is 0 Å². The van der Waals surface area contributed by atoms with Gasteiger partial charge in [0.1, 0.15) is 11.6 Å². The number of nitrogens with zero attached hydrogens (tertiary/aromatic N) is 1. The zero-order valence-corrected chi connectivity index (χ0v) is 17.3. The molecule has 2 atom stereocenters. The van der Waals surface area contributed by atoms with Gasteiger partial charge in [0.2, 0.25) is 5.91 Å². The van der Waals surface area contributed by atoms with Crippen LogP contribution < -0.4 is 5.32 Å². The maximum atomic E-state index is 13.7. The second-order valence-corrected chi connectivity index (χ2v) is 7.58. The Morgan fingerprint density at radius 2 is 1.84 bits per heavy atom. The lowest BCUT2D eigenvalue weighted by Gasteiger charge is -2.17. The highest BCUT2D eigenvalue weighted by Crippen LogP contribution is 2.34. The van der Waals surface area contributed by atoms with Gasteiger partial charge in [-0.05, 0) is 62.7 Å². The summed E-state index contributed by atoms with van der Waals surface area (Å²) < 4.78 is 15.1. The maximum absolute atomic E-state index is 13.7. The van der Waals surface area contributed by atoms with Gasteiger partial charge in [-0.1, -0.05) is 6.07 Å². The molecule has 3 N–H and O–H groups in total. The molecular weight excluding hydrogens is 403 g/mol. The first-order valence-electron chi connectivity index (χ1n) is 9.76. The van der Waals surface area contributed by atoms with E-state index < -0.39 is 35.6 Å². The van der Waals surface area contributed by atoms with Crippen LogP contribution in [0, 0.1) is 12.7 Å². The number of carbonyl (C=O) groups excluding carboxylic acids is 2. The molecule has 31 heavy (non-hydrogen) atoms. The molecule has 0 aliphatic rings. The molecule has 0 aliphatic heterocycles. The number of fused-ring (bicyclic) bond motifs is 1. The van der Waals surface area contributed by atoms with Crippen LogP contribution >= 0.6 is 0 Å². The van der Waals surface area contributed by atoms with E-state index in [1.807, 2.05) is 0 Å². The molecule has 0 aliphatic carbocycles. The van der Waals surface area contributed by atoms with E-state index in [-0.39, 0.29) is 17.7 Å². The summed E-state index contributed by atoms with van der Waals surface area (Å²) in [5.41, 5.74) is 1.61. The minimum absolute atomic E-state index is 0.0315. The molecule has 1 aromatic heterocycles. The van der Waals surface area contributed by atoms with Gasteiger partial charge < -0.3 is 15.5 Å². The molecular formula is C23H23FN2O5. The van der Waals surface area contributed by atoms with Crippen LogP contribution in [0.4, 0.5) is 4.39 Å². The first kappa shape index (κ1) is 22.0. The third kappa shape index (κ3) is 4.42. The smallest absolute Gasteiger partial charge is 0.305 e. The number of hydrogen-bond donors (Lipinski definition) is 3. The van der Waals surface area contributed by atoms with Crippen molar-refractivity contribution < 1.29 is 29.0 Å². The zero-order chi connectivity index (χ0) is 22.9. The number of carboxylic acid groups (broad SMARTS) is 1. The van der Waals surface area contributed by atoms with Crippen molar-refractivity contribution >= 4 is 28.7 Å². The molecule has 1 unspecified atom stereocenters. The summed E-state index contributed by atoms with van der Waals surface area (Å²) in [4.78, 5) is 36.9. The summed E-state index contributed by atoms with van der Waals surface area (Å²) in [7, 11) is 0. The Labute approximate surface area is 178 Å². The van der Waals surface area contributed by atoms with E-state index in [9.17, 15) is 23.9 Å². The Morgan fingerprint density at radius 3 is 2.48 bits per heavy atom. The van der Waals surface area contributed by atoms with Crippen LogP contribution in [0.2, 0.25) is 0 Å². The van der Waals surface area contributed by atoms with Crippen molar-refractivity contribution in [2.24, 2.45) is 0 Å². The van der Waals surface area contributed by atoms with Gasteiger partial charge in [-0.25, -0.2) is 4.39 Å². The molecule has 0 bridgehead atoms. The van der Waals surface area contributed by atoms with Gasteiger partial charge in [-0.15, -0.1) is 0 Å². The van der Waals surface area contributed by atoms with Gasteiger partial charge >= 0.3 is 5.97 Å². The van der Waals surface area contributed by atoms with Crippen molar-refractivity contribution in [3.63, 3.8) is 0 Å². The molecule has 162 valence electrons. The van der Waals surface area contributed by atoms with E-state index in [2.05, 4.69) is 5.32 Å². The Kier molecular flexibility index (Phi) is 6.10. The number of phenolic OH excluding ortho intramolecular Hbond substituents is 1. The second kappa shape index (κ2) is 8.59. The van der Waals surface area contributed by atoms with E-state index in [0.29, 0.717) is 22.2 Å². The summed E-state index contributed by atoms with van der Waals surface area (Å²) >= 11 is 0. The molecule has 2 aromatic carbocycles. The highest BCUT2D eigenvalue weighted by Gasteiger charge is 2.27. The summed E-state index contributed by atoms with van der Waals surface area (Å²) in [6.45, 7) is 4.91. The number of aromatic hydroxyl groups is 1. The van der Waals surface area contributed by atoms with Crippen LogP contribution in [-0.4, -0.2) is 38.6 Å². The maximum Gasteiger partial charge on any atom is 0.305 e. The van der Waals surface area contributed by atoms with Crippen molar-refractivity contribution in [3.05, 3.63) is 65.1 Å². The Bertz CT molecular complexity index is 1180. The first-order valence-corrected chi connectivity index (χ1v) is 9.76. The number of aromatic nitrogens is 1. The zero-order valence-electron chi connectivity index (χ0n) is 17.3. The molecule has 0 radical (unpaired) electrons. The van der Waals surface area contributed by atoms with Gasteiger partial charge in [0.15, 0.2) is 0 Å². The molecule has 3 rings (SSSR count). The fourth-order valence-electron chi connectivity index (χ4n) is 3.80. The van der Waals surface area contributed by atoms with E-state index in [1.165, 1.54) is 34.9 Å². The molecule has 1 amide bonds. The van der Waals surface area contributed by atoms with Crippen LogP contribution in [0.1, 0.15) is 47.8 Å². The third-order valence-electron chi connectivity index (χ3n) is 5.21.